The molecule has 0 radical (unpaired) electrons. The lowest BCUT2D eigenvalue weighted by molar-refractivity contribution is -0.118. The standard InChI is InChI=1S/C18H18ClFN2O2/c1-11(2)16(22-17(23)12-6-4-3-5-7-12)18(24)21-13-8-9-15(20)14(19)10-13/h3-11,16H,1-2H3,(H,21,24)(H,22,23). The first kappa shape index (κ1) is 17.9. The van der Waals surface area contributed by atoms with Crippen molar-refractivity contribution in [2.45, 2.75) is 19.9 Å². The molecule has 2 aromatic carbocycles. The summed E-state index contributed by atoms with van der Waals surface area (Å²) in [6, 6.07) is 11.8. The molecule has 1 atom stereocenters. The molecule has 0 aliphatic carbocycles. The molecule has 24 heavy (non-hydrogen) atoms. The van der Waals surface area contributed by atoms with E-state index in [1.807, 2.05) is 19.9 Å². The SMILES string of the molecule is CC(C)C(NC(=O)c1ccccc1)C(=O)Nc1ccc(F)c(Cl)c1. The molecule has 0 spiro atoms. The fraction of sp³-hybridized carbons (Fsp3) is 0.222. The first-order chi connectivity index (χ1) is 11.4. The van der Waals surface area contributed by atoms with Crippen LogP contribution < -0.4 is 10.6 Å². The number of carbonyl (C=O) groups excluding carboxylic acids is 2. The number of halogens is 2. The van der Waals surface area contributed by atoms with Gasteiger partial charge < -0.3 is 10.6 Å². The molecule has 4 nitrogen and oxygen atoms in total. The second kappa shape index (κ2) is 7.93. The summed E-state index contributed by atoms with van der Waals surface area (Å²) in [5.41, 5.74) is 0.840. The molecule has 2 N–H and O–H groups in total. The van der Waals surface area contributed by atoms with E-state index in [0.29, 0.717) is 11.3 Å². The fourth-order valence-electron chi connectivity index (χ4n) is 2.14. The van der Waals surface area contributed by atoms with E-state index in [2.05, 4.69) is 10.6 Å². The lowest BCUT2D eigenvalue weighted by Crippen LogP contribution is -2.47. The average molecular weight is 349 g/mol. The Bertz CT molecular complexity index is 735. The first-order valence-corrected chi connectivity index (χ1v) is 7.88. The maximum absolute atomic E-state index is 13.2. The van der Waals surface area contributed by atoms with Crippen molar-refractivity contribution in [3.8, 4) is 0 Å². The highest BCUT2D eigenvalue weighted by atomic mass is 35.5. The molecular formula is C18H18ClFN2O2. The molecular weight excluding hydrogens is 331 g/mol. The van der Waals surface area contributed by atoms with Gasteiger partial charge in [-0.2, -0.15) is 0 Å². The second-order valence-electron chi connectivity index (χ2n) is 5.68. The van der Waals surface area contributed by atoms with Gasteiger partial charge in [-0.15, -0.1) is 0 Å². The van der Waals surface area contributed by atoms with Gasteiger partial charge in [0.15, 0.2) is 0 Å². The molecule has 0 aliphatic rings. The van der Waals surface area contributed by atoms with E-state index in [0.717, 1.165) is 0 Å². The average Bonchev–Trinajstić information content (AvgIpc) is 2.56. The van der Waals surface area contributed by atoms with Crippen molar-refractivity contribution in [3.05, 3.63) is 64.9 Å². The molecule has 0 aliphatic heterocycles. The molecule has 0 heterocycles. The quantitative estimate of drug-likeness (QED) is 0.861. The van der Waals surface area contributed by atoms with Crippen LogP contribution in [0, 0.1) is 11.7 Å². The zero-order chi connectivity index (χ0) is 17.7. The smallest absolute Gasteiger partial charge is 0.251 e. The summed E-state index contributed by atoms with van der Waals surface area (Å²) in [5, 5.41) is 5.28. The molecule has 0 saturated carbocycles. The van der Waals surface area contributed by atoms with E-state index in [1.165, 1.54) is 18.2 Å². The highest BCUT2D eigenvalue weighted by Gasteiger charge is 2.24. The summed E-state index contributed by atoms with van der Waals surface area (Å²) in [5.74, 6) is -1.42. The zero-order valence-corrected chi connectivity index (χ0v) is 14.1. The number of hydrogen-bond acceptors (Lipinski definition) is 2. The lowest BCUT2D eigenvalue weighted by Gasteiger charge is -2.22. The van der Waals surface area contributed by atoms with Gasteiger partial charge in [-0.05, 0) is 36.2 Å². The third-order valence-corrected chi connectivity index (χ3v) is 3.75. The monoisotopic (exact) mass is 348 g/mol. The number of hydrogen-bond donors (Lipinski definition) is 2. The van der Waals surface area contributed by atoms with Gasteiger partial charge in [-0.3, -0.25) is 9.59 Å². The molecule has 6 heteroatoms. The highest BCUT2D eigenvalue weighted by molar-refractivity contribution is 6.31. The Balaban J connectivity index is 2.10. The summed E-state index contributed by atoms with van der Waals surface area (Å²) in [6.07, 6.45) is 0. The first-order valence-electron chi connectivity index (χ1n) is 7.50. The van der Waals surface area contributed by atoms with Gasteiger partial charge in [0.1, 0.15) is 11.9 Å². The molecule has 2 rings (SSSR count). The number of nitrogens with one attached hydrogen (secondary N) is 2. The van der Waals surface area contributed by atoms with Crippen LogP contribution >= 0.6 is 11.6 Å². The Kier molecular flexibility index (Phi) is 5.93. The van der Waals surface area contributed by atoms with Gasteiger partial charge in [0.25, 0.3) is 5.91 Å². The van der Waals surface area contributed by atoms with Gasteiger partial charge in [0.05, 0.1) is 5.02 Å². The van der Waals surface area contributed by atoms with E-state index in [-0.39, 0.29) is 16.8 Å². The minimum absolute atomic E-state index is 0.0813. The largest absolute Gasteiger partial charge is 0.340 e. The third-order valence-electron chi connectivity index (χ3n) is 3.46. The third kappa shape index (κ3) is 4.55. The Labute approximate surface area is 145 Å². The topological polar surface area (TPSA) is 58.2 Å². The van der Waals surface area contributed by atoms with E-state index < -0.39 is 17.8 Å². The second-order valence-corrected chi connectivity index (χ2v) is 6.09. The lowest BCUT2D eigenvalue weighted by atomic mass is 10.0. The predicted octanol–water partition coefficient (Wildman–Crippen LogP) is 3.87. The van der Waals surface area contributed by atoms with Crippen LogP contribution in [-0.4, -0.2) is 17.9 Å². The normalized spacial score (nSPS) is 11.9. The van der Waals surface area contributed by atoms with E-state index in [9.17, 15) is 14.0 Å². The van der Waals surface area contributed by atoms with Gasteiger partial charge in [-0.1, -0.05) is 43.6 Å². The Morgan fingerprint density at radius 1 is 1.08 bits per heavy atom. The Morgan fingerprint density at radius 2 is 1.75 bits per heavy atom. The van der Waals surface area contributed by atoms with Crippen LogP contribution in [-0.2, 0) is 4.79 Å². The molecule has 1 unspecified atom stereocenters. The van der Waals surface area contributed by atoms with E-state index in [1.54, 1.807) is 24.3 Å². The van der Waals surface area contributed by atoms with E-state index in [4.69, 9.17) is 11.6 Å². The fourth-order valence-corrected chi connectivity index (χ4v) is 2.32. The predicted molar refractivity (Wildman–Crippen MR) is 92.6 cm³/mol. The minimum Gasteiger partial charge on any atom is -0.340 e. The van der Waals surface area contributed by atoms with Crippen LogP contribution in [0.5, 0.6) is 0 Å². The molecule has 126 valence electrons. The molecule has 0 aromatic heterocycles. The van der Waals surface area contributed by atoms with Gasteiger partial charge in [-0.25, -0.2) is 4.39 Å². The van der Waals surface area contributed by atoms with Crippen LogP contribution in [0.3, 0.4) is 0 Å². The number of benzene rings is 2. The molecule has 0 saturated heterocycles. The Hall–Kier alpha value is -2.40. The highest BCUT2D eigenvalue weighted by Crippen LogP contribution is 2.20. The van der Waals surface area contributed by atoms with Crippen molar-refractivity contribution >= 4 is 29.1 Å². The summed E-state index contributed by atoms with van der Waals surface area (Å²) in [7, 11) is 0. The van der Waals surface area contributed by atoms with Gasteiger partial charge >= 0.3 is 0 Å². The van der Waals surface area contributed by atoms with Crippen LogP contribution in [0.2, 0.25) is 5.02 Å². The zero-order valence-electron chi connectivity index (χ0n) is 13.3. The number of anilines is 1. The number of rotatable bonds is 5. The van der Waals surface area contributed by atoms with E-state index >= 15 is 0 Å². The van der Waals surface area contributed by atoms with Crippen molar-refractivity contribution in [1.29, 1.82) is 0 Å². The molecule has 0 bridgehead atoms. The van der Waals surface area contributed by atoms with Crippen LogP contribution in [0.25, 0.3) is 0 Å². The summed E-state index contributed by atoms with van der Waals surface area (Å²) in [4.78, 5) is 24.7. The van der Waals surface area contributed by atoms with Crippen molar-refractivity contribution in [3.63, 3.8) is 0 Å². The van der Waals surface area contributed by atoms with Crippen molar-refractivity contribution in [1.82, 2.24) is 5.32 Å². The van der Waals surface area contributed by atoms with Gasteiger partial charge in [0.2, 0.25) is 5.91 Å². The minimum atomic E-state index is -0.735. The summed E-state index contributed by atoms with van der Waals surface area (Å²) >= 11 is 5.71. The van der Waals surface area contributed by atoms with Crippen LogP contribution in [0.4, 0.5) is 10.1 Å². The summed E-state index contributed by atoms with van der Waals surface area (Å²) in [6.45, 7) is 3.65. The maximum atomic E-state index is 13.2. The van der Waals surface area contributed by atoms with Crippen LogP contribution in [0.15, 0.2) is 48.5 Å². The molecule has 2 amide bonds. The molecule has 0 fully saturated rings. The summed E-state index contributed by atoms with van der Waals surface area (Å²) < 4.78 is 13.2. The maximum Gasteiger partial charge on any atom is 0.251 e. The van der Waals surface area contributed by atoms with Crippen molar-refractivity contribution < 1.29 is 14.0 Å². The van der Waals surface area contributed by atoms with Gasteiger partial charge in [0, 0.05) is 11.3 Å². The number of carbonyl (C=O) groups is 2. The van der Waals surface area contributed by atoms with Crippen molar-refractivity contribution in [2.75, 3.05) is 5.32 Å². The number of amides is 2. The van der Waals surface area contributed by atoms with Crippen molar-refractivity contribution in [2.24, 2.45) is 5.92 Å². The van der Waals surface area contributed by atoms with Crippen LogP contribution in [0.1, 0.15) is 24.2 Å². The molecule has 2 aromatic rings. The Morgan fingerprint density at radius 3 is 2.33 bits per heavy atom.